The molecule has 0 saturated heterocycles. The van der Waals surface area contributed by atoms with Gasteiger partial charge in [-0.05, 0) is 42.5 Å². The summed E-state index contributed by atoms with van der Waals surface area (Å²) < 4.78 is 0. The zero-order valence-electron chi connectivity index (χ0n) is 11.5. The van der Waals surface area contributed by atoms with Crippen LogP contribution < -0.4 is 11.1 Å². The number of hydrogen-bond donors (Lipinski definition) is 2. The first kappa shape index (κ1) is 13.6. The van der Waals surface area contributed by atoms with Crippen LogP contribution in [-0.4, -0.2) is 0 Å². The Morgan fingerprint density at radius 3 is 2.33 bits per heavy atom. The van der Waals surface area contributed by atoms with Gasteiger partial charge in [-0.25, -0.2) is 0 Å². The summed E-state index contributed by atoms with van der Waals surface area (Å²) in [6, 6.07) is 26.4. The topological polar surface area (TPSA) is 38.0 Å². The minimum absolute atomic E-state index is 0.758. The third-order valence-corrected chi connectivity index (χ3v) is 4.11. The van der Waals surface area contributed by atoms with Crippen molar-refractivity contribution >= 4 is 28.8 Å². The summed E-state index contributed by atoms with van der Waals surface area (Å²) in [6.07, 6.45) is 0. The smallest absolute Gasteiger partial charge is 0.0526 e. The lowest BCUT2D eigenvalue weighted by atomic mass is 10.2. The Balaban J connectivity index is 1.86. The fourth-order valence-electron chi connectivity index (χ4n) is 2.05. The molecule has 3 N–H and O–H groups in total. The SMILES string of the molecule is Nc1cccc(Nc2ccccc2Sc2ccccc2)c1. The molecule has 0 saturated carbocycles. The van der Waals surface area contributed by atoms with E-state index in [1.165, 1.54) is 9.79 Å². The van der Waals surface area contributed by atoms with Crippen molar-refractivity contribution in [3.8, 4) is 0 Å². The van der Waals surface area contributed by atoms with E-state index in [0.29, 0.717) is 0 Å². The van der Waals surface area contributed by atoms with Crippen LogP contribution >= 0.6 is 11.8 Å². The molecule has 0 aromatic heterocycles. The first-order valence-corrected chi connectivity index (χ1v) is 7.57. The fourth-order valence-corrected chi connectivity index (χ4v) is 2.97. The summed E-state index contributed by atoms with van der Waals surface area (Å²) in [5.74, 6) is 0. The van der Waals surface area contributed by atoms with Crippen molar-refractivity contribution in [2.24, 2.45) is 0 Å². The molecular formula is C18H16N2S. The van der Waals surface area contributed by atoms with E-state index in [4.69, 9.17) is 5.73 Å². The molecule has 0 amide bonds. The first-order chi connectivity index (χ1) is 10.3. The third-order valence-electron chi connectivity index (χ3n) is 3.02. The molecule has 0 radical (unpaired) electrons. The van der Waals surface area contributed by atoms with Crippen molar-refractivity contribution < 1.29 is 0 Å². The molecule has 0 atom stereocenters. The molecule has 0 spiro atoms. The highest BCUT2D eigenvalue weighted by Crippen LogP contribution is 2.34. The van der Waals surface area contributed by atoms with Gasteiger partial charge in [-0.3, -0.25) is 0 Å². The highest BCUT2D eigenvalue weighted by Gasteiger charge is 2.04. The van der Waals surface area contributed by atoms with Gasteiger partial charge in [0.05, 0.1) is 5.69 Å². The molecule has 104 valence electrons. The molecule has 0 aliphatic heterocycles. The number of nitrogens with one attached hydrogen (secondary N) is 1. The predicted octanol–water partition coefficient (Wildman–Crippen LogP) is 5.16. The minimum atomic E-state index is 0.758. The Morgan fingerprint density at radius 1 is 0.762 bits per heavy atom. The lowest BCUT2D eigenvalue weighted by molar-refractivity contribution is 1.38. The lowest BCUT2D eigenvalue weighted by Crippen LogP contribution is -1.93. The van der Waals surface area contributed by atoms with Crippen LogP contribution in [0.15, 0.2) is 88.7 Å². The van der Waals surface area contributed by atoms with Gasteiger partial charge in [0.15, 0.2) is 0 Å². The van der Waals surface area contributed by atoms with Crippen molar-refractivity contribution in [2.75, 3.05) is 11.1 Å². The molecule has 3 aromatic carbocycles. The second-order valence-electron chi connectivity index (χ2n) is 4.66. The third kappa shape index (κ3) is 3.58. The summed E-state index contributed by atoms with van der Waals surface area (Å²) in [5, 5.41) is 3.43. The number of rotatable bonds is 4. The number of nitrogens with two attached hydrogens (primary N) is 1. The molecule has 0 aliphatic rings. The molecular weight excluding hydrogens is 276 g/mol. The van der Waals surface area contributed by atoms with Gasteiger partial charge in [0.2, 0.25) is 0 Å². The number of anilines is 3. The molecule has 3 rings (SSSR count). The molecule has 0 fully saturated rings. The average molecular weight is 292 g/mol. The molecule has 2 nitrogen and oxygen atoms in total. The minimum Gasteiger partial charge on any atom is -0.399 e. The van der Waals surface area contributed by atoms with Crippen LogP contribution in [0, 0.1) is 0 Å². The fraction of sp³-hybridized carbons (Fsp3) is 0. The molecule has 3 aromatic rings. The highest BCUT2D eigenvalue weighted by molar-refractivity contribution is 7.99. The maximum Gasteiger partial charge on any atom is 0.0526 e. The van der Waals surface area contributed by atoms with E-state index >= 15 is 0 Å². The normalized spacial score (nSPS) is 10.3. The van der Waals surface area contributed by atoms with E-state index in [-0.39, 0.29) is 0 Å². The van der Waals surface area contributed by atoms with E-state index in [1.807, 2.05) is 36.4 Å². The molecule has 0 bridgehead atoms. The molecule has 0 heterocycles. The van der Waals surface area contributed by atoms with Gasteiger partial charge in [-0.15, -0.1) is 0 Å². The van der Waals surface area contributed by atoms with E-state index in [2.05, 4.69) is 47.8 Å². The Labute approximate surface area is 129 Å². The second-order valence-corrected chi connectivity index (χ2v) is 5.78. The monoisotopic (exact) mass is 292 g/mol. The quantitative estimate of drug-likeness (QED) is 0.652. The van der Waals surface area contributed by atoms with Gasteiger partial charge in [0.25, 0.3) is 0 Å². The molecule has 0 unspecified atom stereocenters. The first-order valence-electron chi connectivity index (χ1n) is 6.76. The lowest BCUT2D eigenvalue weighted by Gasteiger charge is -2.12. The number of benzene rings is 3. The van der Waals surface area contributed by atoms with Gasteiger partial charge in [0, 0.05) is 21.2 Å². The van der Waals surface area contributed by atoms with E-state index < -0.39 is 0 Å². The Hall–Kier alpha value is -2.39. The Morgan fingerprint density at radius 2 is 1.52 bits per heavy atom. The van der Waals surface area contributed by atoms with Crippen LogP contribution in [0.4, 0.5) is 17.1 Å². The van der Waals surface area contributed by atoms with Crippen molar-refractivity contribution in [1.29, 1.82) is 0 Å². The number of para-hydroxylation sites is 1. The maximum atomic E-state index is 5.83. The van der Waals surface area contributed by atoms with Crippen LogP contribution in [0.2, 0.25) is 0 Å². The zero-order chi connectivity index (χ0) is 14.5. The van der Waals surface area contributed by atoms with Crippen molar-refractivity contribution in [3.05, 3.63) is 78.9 Å². The maximum absolute atomic E-state index is 5.83. The van der Waals surface area contributed by atoms with Crippen LogP contribution in [0.25, 0.3) is 0 Å². The zero-order valence-corrected chi connectivity index (χ0v) is 12.3. The highest BCUT2D eigenvalue weighted by atomic mass is 32.2. The summed E-state index contributed by atoms with van der Waals surface area (Å²) in [7, 11) is 0. The Bertz CT molecular complexity index is 726. The summed E-state index contributed by atoms with van der Waals surface area (Å²) in [5.41, 5.74) is 8.66. The van der Waals surface area contributed by atoms with Crippen LogP contribution in [0.1, 0.15) is 0 Å². The number of hydrogen-bond acceptors (Lipinski definition) is 3. The molecule has 3 heteroatoms. The van der Waals surface area contributed by atoms with E-state index in [9.17, 15) is 0 Å². The molecule has 0 aliphatic carbocycles. The second kappa shape index (κ2) is 6.37. The summed E-state index contributed by atoms with van der Waals surface area (Å²) in [4.78, 5) is 2.41. The number of nitrogen functional groups attached to an aromatic ring is 1. The van der Waals surface area contributed by atoms with Crippen molar-refractivity contribution in [3.63, 3.8) is 0 Å². The summed E-state index contributed by atoms with van der Waals surface area (Å²) in [6.45, 7) is 0. The van der Waals surface area contributed by atoms with E-state index in [1.54, 1.807) is 11.8 Å². The van der Waals surface area contributed by atoms with Gasteiger partial charge in [-0.2, -0.15) is 0 Å². The van der Waals surface area contributed by atoms with Gasteiger partial charge >= 0.3 is 0 Å². The van der Waals surface area contributed by atoms with Crippen LogP contribution in [0.5, 0.6) is 0 Å². The van der Waals surface area contributed by atoms with Gasteiger partial charge in [-0.1, -0.05) is 48.2 Å². The average Bonchev–Trinajstić information content (AvgIpc) is 2.50. The van der Waals surface area contributed by atoms with Gasteiger partial charge in [0.1, 0.15) is 0 Å². The Kier molecular flexibility index (Phi) is 4.12. The van der Waals surface area contributed by atoms with Gasteiger partial charge < -0.3 is 11.1 Å². The van der Waals surface area contributed by atoms with E-state index in [0.717, 1.165) is 17.1 Å². The molecule has 21 heavy (non-hydrogen) atoms. The predicted molar refractivity (Wildman–Crippen MR) is 91.1 cm³/mol. The largest absolute Gasteiger partial charge is 0.399 e. The standard InChI is InChI=1S/C18H16N2S/c19-14-7-6-8-15(13-14)20-17-11-4-5-12-18(17)21-16-9-2-1-3-10-16/h1-13,20H,19H2. The van der Waals surface area contributed by atoms with Crippen molar-refractivity contribution in [2.45, 2.75) is 9.79 Å². The van der Waals surface area contributed by atoms with Crippen LogP contribution in [0.3, 0.4) is 0 Å². The van der Waals surface area contributed by atoms with Crippen molar-refractivity contribution in [1.82, 2.24) is 0 Å². The van der Waals surface area contributed by atoms with Crippen LogP contribution in [-0.2, 0) is 0 Å². The summed E-state index contributed by atoms with van der Waals surface area (Å²) >= 11 is 1.74.